The molecule has 5 nitrogen and oxygen atoms in total. The predicted molar refractivity (Wildman–Crippen MR) is 377 cm³/mol. The number of aryl methyl sites for hydroxylation is 1. The second kappa shape index (κ2) is 22.4. The SMILES string of the molecule is [2H]c1c([2H])c([2H])c(-c2cnc(N3c4[c-]c(Oc5[c-]c(N6[CH-]N(c7c(-c8cc(C(C)(C)C)cc(C(C)(C)C)c8)cccc7-c7c([2H])c([2H])c([2H])c([2H])c7[2H])c7ccccc76)ccc5)ccc4[Si]4(c5cc(C(C)(C)C)ccc5-c5ccc(C(C)(C)C)cc54)c4ccccc43)cc2C)c([2H])c1[2H].[Pt]. The molecule has 1 spiro atoms. The molecule has 0 bridgehead atoms. The van der Waals surface area contributed by atoms with Gasteiger partial charge in [-0.05, 0) is 124 Å². The van der Waals surface area contributed by atoms with Gasteiger partial charge in [-0.1, -0.05) is 252 Å². The number of anilines is 7. The molecule has 0 radical (unpaired) electrons. The summed E-state index contributed by atoms with van der Waals surface area (Å²) >= 11 is 0. The summed E-state index contributed by atoms with van der Waals surface area (Å²) in [7, 11) is -3.34. The van der Waals surface area contributed by atoms with Crippen molar-refractivity contribution in [1.29, 1.82) is 0 Å². The fourth-order valence-electron chi connectivity index (χ4n) is 13.1. The molecule has 0 atom stereocenters. The molecule has 0 fully saturated rings. The van der Waals surface area contributed by atoms with Crippen LogP contribution in [0.5, 0.6) is 11.5 Å². The molecule has 0 saturated carbocycles. The number of hydrogen-bond donors (Lipinski definition) is 0. The van der Waals surface area contributed by atoms with Gasteiger partial charge in [-0.2, -0.15) is 12.1 Å². The number of pyridine rings is 1. The Balaban J connectivity index is 0.00000896. The summed E-state index contributed by atoms with van der Waals surface area (Å²) in [6, 6.07) is 58.8. The van der Waals surface area contributed by atoms with E-state index in [4.69, 9.17) is 20.7 Å². The van der Waals surface area contributed by atoms with Crippen LogP contribution in [0.4, 0.5) is 39.9 Å². The maximum absolute atomic E-state index is 9.39. The van der Waals surface area contributed by atoms with E-state index in [0.29, 0.717) is 45.4 Å². The number of nitrogens with zero attached hydrogens (tertiary/aromatic N) is 4. The first kappa shape index (κ1) is 49.3. The van der Waals surface area contributed by atoms with Crippen molar-refractivity contribution in [2.75, 3.05) is 14.7 Å². The van der Waals surface area contributed by atoms with Crippen molar-refractivity contribution < 1.29 is 39.5 Å². The van der Waals surface area contributed by atoms with Crippen LogP contribution in [-0.2, 0) is 42.7 Å². The summed E-state index contributed by atoms with van der Waals surface area (Å²) in [6.07, 6.45) is 1.62. The van der Waals surface area contributed by atoms with Crippen LogP contribution in [-0.4, -0.2) is 13.1 Å². The van der Waals surface area contributed by atoms with Gasteiger partial charge in [0.2, 0.25) is 0 Å². The molecule has 14 rings (SSSR count). The van der Waals surface area contributed by atoms with E-state index in [-0.39, 0.29) is 78.0 Å². The molecule has 1 aromatic heterocycles. The predicted octanol–water partition coefficient (Wildman–Crippen LogP) is 19.5. The number of aromatic nitrogens is 1. The average Bonchev–Trinajstić information content (AvgIpc) is 1.44. The average molecular weight is 1380 g/mol. The van der Waals surface area contributed by atoms with Gasteiger partial charge in [-0.3, -0.25) is 0 Å². The standard InChI is InChI=1S/C83H77N4OSi.Pt/c1-54-44-78(84-52-69(54)56-28-18-15-19-29-56)87-72-36-22-23-37-74(72)89(76-48-58(80(2,3)4)38-41-67(76)68-42-39-59(49-77(68)89)81(5,6)7)75-43-40-64(51-73(75)87)88-63-31-24-30-62(50-63)85-53-86(71-35-21-20-34-70(71)85)79-65(55-26-16-14-17-27-55)32-25-33-66(79)57-45-60(82(8,9)10)47-61(46-57)83(11,12)13;/h14-49,52-53H,1-13H3;/q-3;/i14D,15D,16D,17D,18D,19D,26D,27D,28D,29D;. The largest absolute Gasteiger partial charge is 0.509 e. The van der Waals surface area contributed by atoms with Gasteiger partial charge in [-0.15, -0.1) is 47.9 Å². The Morgan fingerprint density at radius 3 is 1.54 bits per heavy atom. The van der Waals surface area contributed by atoms with E-state index in [2.05, 4.69) is 196 Å². The van der Waals surface area contributed by atoms with Crippen LogP contribution in [0.2, 0.25) is 0 Å². The van der Waals surface area contributed by atoms with Crippen molar-refractivity contribution >= 4 is 68.8 Å². The molecular formula is C83H77N4OPtSi-3. The topological polar surface area (TPSA) is 31.8 Å². The molecule has 3 aliphatic heterocycles. The van der Waals surface area contributed by atoms with Gasteiger partial charge in [0.15, 0.2) is 0 Å². The van der Waals surface area contributed by atoms with Gasteiger partial charge in [0.25, 0.3) is 0 Å². The van der Waals surface area contributed by atoms with Gasteiger partial charge >= 0.3 is 0 Å². The van der Waals surface area contributed by atoms with Gasteiger partial charge in [0.05, 0.1) is 13.7 Å². The maximum atomic E-state index is 9.39. The Labute approximate surface area is 563 Å². The van der Waals surface area contributed by atoms with Crippen LogP contribution >= 0.6 is 0 Å². The molecule has 4 heterocycles. The Morgan fingerprint density at radius 1 is 0.444 bits per heavy atom. The number of ether oxygens (including phenoxy) is 1. The third-order valence-corrected chi connectivity index (χ3v) is 22.8. The summed E-state index contributed by atoms with van der Waals surface area (Å²) in [4.78, 5) is 11.4. The minimum absolute atomic E-state index is 0. The molecule has 452 valence electrons. The normalized spacial score (nSPS) is 15.5. The van der Waals surface area contributed by atoms with Gasteiger partial charge < -0.3 is 19.4 Å². The smallest absolute Gasteiger partial charge is 0.135 e. The first-order valence-electron chi connectivity index (χ1n) is 35.6. The Bertz CT molecular complexity index is 5070. The van der Waals surface area contributed by atoms with E-state index >= 15 is 0 Å². The van der Waals surface area contributed by atoms with Crippen molar-refractivity contribution in [3.8, 4) is 56.0 Å². The zero-order valence-electron chi connectivity index (χ0n) is 63.2. The monoisotopic (exact) mass is 1380 g/mol. The number of rotatable bonds is 8. The molecule has 10 aromatic carbocycles. The molecule has 0 unspecified atom stereocenters. The summed E-state index contributed by atoms with van der Waals surface area (Å²) in [6.45, 7) is 30.6. The third kappa shape index (κ3) is 10.3. The molecule has 7 heteroatoms. The second-order valence-corrected chi connectivity index (χ2v) is 31.6. The van der Waals surface area contributed by atoms with Gasteiger partial charge in [0.1, 0.15) is 13.9 Å². The van der Waals surface area contributed by atoms with Crippen molar-refractivity contribution in [3.63, 3.8) is 0 Å². The molecule has 3 aliphatic rings. The van der Waals surface area contributed by atoms with Crippen molar-refractivity contribution in [3.05, 3.63) is 271 Å². The first-order chi connectivity index (χ1) is 46.7. The van der Waals surface area contributed by atoms with E-state index in [1.807, 2.05) is 85.2 Å². The fourth-order valence-corrected chi connectivity index (χ4v) is 18.7. The van der Waals surface area contributed by atoms with E-state index < -0.39 is 44.3 Å². The summed E-state index contributed by atoms with van der Waals surface area (Å²) in [5.74, 6) is 1.34. The molecule has 0 amide bonds. The third-order valence-electron chi connectivity index (χ3n) is 17.9. The summed E-state index contributed by atoms with van der Waals surface area (Å²) < 4.78 is 95.7. The molecular weight excluding hydrogens is 1290 g/mol. The Morgan fingerprint density at radius 2 is 0.967 bits per heavy atom. The van der Waals surface area contributed by atoms with Crippen LogP contribution in [0.3, 0.4) is 0 Å². The van der Waals surface area contributed by atoms with Crippen molar-refractivity contribution in [1.82, 2.24) is 4.98 Å². The number of hydrogen-bond acceptors (Lipinski definition) is 5. The quantitative estimate of drug-likeness (QED) is 0.112. The fraction of sp³-hybridized carbons (Fsp3) is 0.205. The van der Waals surface area contributed by atoms with Crippen molar-refractivity contribution in [2.24, 2.45) is 0 Å². The van der Waals surface area contributed by atoms with Crippen molar-refractivity contribution in [2.45, 2.75) is 112 Å². The molecule has 0 saturated heterocycles. The summed E-state index contributed by atoms with van der Waals surface area (Å²) in [5.41, 5.74) is 14.2. The van der Waals surface area contributed by atoms with Crippen LogP contribution < -0.4 is 40.2 Å². The van der Waals surface area contributed by atoms with Gasteiger partial charge in [-0.25, -0.2) is 4.98 Å². The first-order valence-corrected chi connectivity index (χ1v) is 32.6. The van der Waals surface area contributed by atoms with Crippen LogP contribution in [0.15, 0.2) is 224 Å². The van der Waals surface area contributed by atoms with E-state index in [9.17, 15) is 2.74 Å². The van der Waals surface area contributed by atoms with Crippen LogP contribution in [0.25, 0.3) is 44.5 Å². The summed E-state index contributed by atoms with van der Waals surface area (Å²) in [5, 5.41) is 4.80. The van der Waals surface area contributed by atoms with Crippen LogP contribution in [0.1, 0.15) is 125 Å². The minimum Gasteiger partial charge on any atom is -0.509 e. The molecule has 0 aliphatic carbocycles. The Hall–Kier alpha value is -8.54. The molecule has 0 N–H and O–H groups in total. The zero-order valence-corrected chi connectivity index (χ0v) is 56.5. The molecule has 11 aromatic rings. The minimum atomic E-state index is -3.34. The van der Waals surface area contributed by atoms with Crippen LogP contribution in [0, 0.1) is 25.7 Å². The number of fused-ring (bicyclic) bond motifs is 10. The zero-order chi connectivity index (χ0) is 70.6. The number of para-hydroxylation sites is 4. The Kier molecular flexibility index (Phi) is 12.3. The second-order valence-electron chi connectivity index (χ2n) is 27.9. The van der Waals surface area contributed by atoms with Gasteiger partial charge in [0, 0.05) is 78.2 Å². The number of benzene rings is 10. The van der Waals surface area contributed by atoms with E-state index in [0.717, 1.165) is 50.2 Å². The molecule has 90 heavy (non-hydrogen) atoms. The van der Waals surface area contributed by atoms with E-state index in [1.165, 1.54) is 37.8 Å². The van der Waals surface area contributed by atoms with E-state index in [1.54, 1.807) is 6.20 Å². The maximum Gasteiger partial charge on any atom is 0.135 e.